The summed E-state index contributed by atoms with van der Waals surface area (Å²) in [6.45, 7) is 2.73. The number of fused-ring (bicyclic) bond motifs is 1. The van der Waals surface area contributed by atoms with Crippen LogP contribution in [0.3, 0.4) is 0 Å². The third-order valence-electron chi connectivity index (χ3n) is 6.32. The molecule has 3 saturated heterocycles. The quantitative estimate of drug-likeness (QED) is 0.254. The molecule has 0 aromatic heterocycles. The van der Waals surface area contributed by atoms with E-state index < -0.39 is 12.1 Å². The molecule has 0 spiro atoms. The fourth-order valence-corrected chi connectivity index (χ4v) is 5.38. The zero-order chi connectivity index (χ0) is 19.0. The third kappa shape index (κ3) is 3.94. The Morgan fingerprint density at radius 2 is 2.22 bits per heavy atom. The number of halogens is 2. The van der Waals surface area contributed by atoms with Gasteiger partial charge in [-0.3, -0.25) is 4.79 Å². The molecule has 0 bridgehead atoms. The zero-order valence-electron chi connectivity index (χ0n) is 15.3. The number of alkyl halides is 1. The van der Waals surface area contributed by atoms with E-state index in [1.807, 2.05) is 0 Å². The van der Waals surface area contributed by atoms with Gasteiger partial charge in [-0.05, 0) is 50.4 Å². The molecule has 10 heteroatoms. The van der Waals surface area contributed by atoms with Crippen LogP contribution >= 0.6 is 11.6 Å². The second-order valence-corrected chi connectivity index (χ2v) is 8.45. The Balaban J connectivity index is 1.44. The lowest BCUT2D eigenvalue weighted by molar-refractivity contribution is -0.881. The Kier molecular flexibility index (Phi) is 5.86. The Labute approximate surface area is 163 Å². The van der Waals surface area contributed by atoms with Crippen molar-refractivity contribution in [3.8, 4) is 0 Å². The molecular formula is C17H29ClFN7O. The van der Waals surface area contributed by atoms with Crippen LogP contribution in [0, 0.1) is 17.8 Å². The van der Waals surface area contributed by atoms with Gasteiger partial charge >= 0.3 is 0 Å². The lowest BCUT2D eigenvalue weighted by Gasteiger charge is -2.42. The SMILES string of the molecule is NC1[N-][NH+]2CC(F)=CNC2C1C(=O)NC1CNCCC1C1CCCNC1Cl. The van der Waals surface area contributed by atoms with Crippen LogP contribution in [0.2, 0.25) is 0 Å². The van der Waals surface area contributed by atoms with Crippen molar-refractivity contribution in [3.05, 3.63) is 17.5 Å². The minimum Gasteiger partial charge on any atom is -0.435 e. The monoisotopic (exact) mass is 401 g/mol. The van der Waals surface area contributed by atoms with E-state index in [2.05, 4.69) is 26.7 Å². The molecule has 1 amide bonds. The number of hydrogen-bond acceptors (Lipinski definition) is 5. The Hall–Kier alpha value is -0.970. The molecule has 4 heterocycles. The van der Waals surface area contributed by atoms with Gasteiger partial charge in [-0.2, -0.15) is 0 Å². The van der Waals surface area contributed by atoms with E-state index >= 15 is 0 Å². The molecule has 8 atom stereocenters. The molecular weight excluding hydrogens is 373 g/mol. The number of nitrogens with zero attached hydrogens (tertiary/aromatic N) is 1. The molecule has 7 N–H and O–H groups in total. The van der Waals surface area contributed by atoms with Crippen molar-refractivity contribution in [1.82, 2.24) is 21.3 Å². The molecule has 8 nitrogen and oxygen atoms in total. The number of nitrogens with one attached hydrogen (secondary N) is 5. The largest absolute Gasteiger partial charge is 0.435 e. The van der Waals surface area contributed by atoms with Gasteiger partial charge in [0, 0.05) is 18.8 Å². The van der Waals surface area contributed by atoms with E-state index in [1.54, 1.807) is 0 Å². The highest BCUT2D eigenvalue weighted by Crippen LogP contribution is 2.33. The van der Waals surface area contributed by atoms with E-state index in [0.29, 0.717) is 16.8 Å². The highest BCUT2D eigenvalue weighted by Gasteiger charge is 2.45. The number of carbonyl (C=O) groups is 1. The van der Waals surface area contributed by atoms with Crippen LogP contribution in [-0.2, 0) is 4.79 Å². The molecule has 0 aromatic rings. The normalized spacial score (nSPS) is 44.8. The van der Waals surface area contributed by atoms with Gasteiger partial charge in [-0.25, -0.2) is 4.39 Å². The summed E-state index contributed by atoms with van der Waals surface area (Å²) < 4.78 is 13.5. The smallest absolute Gasteiger partial charge is 0.231 e. The maximum atomic E-state index is 13.5. The van der Waals surface area contributed by atoms with Crippen molar-refractivity contribution in [3.63, 3.8) is 0 Å². The van der Waals surface area contributed by atoms with E-state index in [4.69, 9.17) is 17.3 Å². The predicted molar refractivity (Wildman–Crippen MR) is 100 cm³/mol. The van der Waals surface area contributed by atoms with Gasteiger partial charge < -0.3 is 37.4 Å². The molecule has 3 fully saturated rings. The van der Waals surface area contributed by atoms with E-state index in [-0.39, 0.29) is 36.0 Å². The zero-order valence-corrected chi connectivity index (χ0v) is 16.0. The number of hydrogen-bond donors (Lipinski definition) is 6. The van der Waals surface area contributed by atoms with E-state index in [9.17, 15) is 9.18 Å². The van der Waals surface area contributed by atoms with Crippen molar-refractivity contribution in [1.29, 1.82) is 0 Å². The fraction of sp³-hybridized carbons (Fsp3) is 0.824. The number of rotatable bonds is 3. The lowest BCUT2D eigenvalue weighted by atomic mass is 9.77. The van der Waals surface area contributed by atoms with Crippen molar-refractivity contribution >= 4 is 17.5 Å². The number of amides is 1. The number of piperidine rings is 2. The first-order valence-electron chi connectivity index (χ1n) is 9.86. The minimum absolute atomic E-state index is 0.00418. The second kappa shape index (κ2) is 8.18. The summed E-state index contributed by atoms with van der Waals surface area (Å²) in [4.78, 5) is 13.1. The average Bonchev–Trinajstić information content (AvgIpc) is 2.97. The van der Waals surface area contributed by atoms with Crippen molar-refractivity contribution in [2.24, 2.45) is 23.5 Å². The summed E-state index contributed by atoms with van der Waals surface area (Å²) in [5.74, 6) is -0.277. The van der Waals surface area contributed by atoms with E-state index in [1.165, 1.54) is 6.20 Å². The molecule has 0 aromatic carbocycles. The first-order valence-corrected chi connectivity index (χ1v) is 10.3. The van der Waals surface area contributed by atoms with Gasteiger partial charge in [0.2, 0.25) is 5.91 Å². The highest BCUT2D eigenvalue weighted by atomic mass is 35.5. The number of quaternary nitrogens is 1. The van der Waals surface area contributed by atoms with Crippen LogP contribution in [0.15, 0.2) is 12.0 Å². The molecule has 0 saturated carbocycles. The Bertz CT molecular complexity index is 594. The van der Waals surface area contributed by atoms with Gasteiger partial charge in [0.05, 0.1) is 5.50 Å². The number of nitrogens with two attached hydrogens (primary N) is 1. The van der Waals surface area contributed by atoms with Crippen LogP contribution in [0.1, 0.15) is 19.3 Å². The molecule has 8 unspecified atom stereocenters. The standard InChI is InChI=1S/C17H29ClFN7O/c18-14-11(2-1-4-22-14)10-3-5-21-7-12(10)24-17(27)13-15(20)25-26-8-9(19)6-23-16(13)26/h6,10-16,21-23,26H,1-5,7-8,20H2,(H,24,27). The van der Waals surface area contributed by atoms with Gasteiger partial charge in [0.15, 0.2) is 12.0 Å². The summed E-state index contributed by atoms with van der Waals surface area (Å²) in [5.41, 5.74) is 10.4. The highest BCUT2D eigenvalue weighted by molar-refractivity contribution is 6.20. The molecule has 4 aliphatic heterocycles. The summed E-state index contributed by atoms with van der Waals surface area (Å²) in [6, 6.07) is 0.00418. The van der Waals surface area contributed by atoms with Crippen LogP contribution in [0.4, 0.5) is 4.39 Å². The van der Waals surface area contributed by atoms with Gasteiger partial charge in [0.25, 0.3) is 0 Å². The first kappa shape index (κ1) is 19.4. The number of carbonyl (C=O) groups excluding carboxylic acids is 1. The summed E-state index contributed by atoms with van der Waals surface area (Å²) >= 11 is 6.54. The summed E-state index contributed by atoms with van der Waals surface area (Å²) in [6.07, 6.45) is 3.50. The van der Waals surface area contributed by atoms with Crippen LogP contribution in [0.5, 0.6) is 0 Å². The maximum Gasteiger partial charge on any atom is 0.231 e. The van der Waals surface area contributed by atoms with Crippen molar-refractivity contribution < 1.29 is 14.2 Å². The second-order valence-electron chi connectivity index (χ2n) is 7.98. The molecule has 4 aliphatic rings. The Morgan fingerprint density at radius 1 is 1.37 bits per heavy atom. The van der Waals surface area contributed by atoms with Gasteiger partial charge in [-0.1, -0.05) is 0 Å². The van der Waals surface area contributed by atoms with Crippen molar-refractivity contribution in [2.75, 3.05) is 26.2 Å². The van der Waals surface area contributed by atoms with E-state index in [0.717, 1.165) is 38.9 Å². The Morgan fingerprint density at radius 3 is 3.04 bits per heavy atom. The molecule has 4 rings (SSSR count). The lowest BCUT2D eigenvalue weighted by Crippen LogP contribution is -3.13. The molecule has 0 radical (unpaired) electrons. The average molecular weight is 402 g/mol. The van der Waals surface area contributed by atoms with Crippen LogP contribution in [0.25, 0.3) is 5.43 Å². The van der Waals surface area contributed by atoms with Gasteiger partial charge in [-0.15, -0.1) is 11.6 Å². The first-order chi connectivity index (χ1) is 13.0. The summed E-state index contributed by atoms with van der Waals surface area (Å²) in [7, 11) is 0. The van der Waals surface area contributed by atoms with Crippen LogP contribution in [-0.4, -0.2) is 56.0 Å². The van der Waals surface area contributed by atoms with Gasteiger partial charge in [0.1, 0.15) is 12.5 Å². The van der Waals surface area contributed by atoms with Crippen LogP contribution < -0.4 is 32.0 Å². The summed E-state index contributed by atoms with van der Waals surface area (Å²) in [5, 5.41) is 13.5. The minimum atomic E-state index is -0.649. The fourth-order valence-electron chi connectivity index (χ4n) is 4.96. The van der Waals surface area contributed by atoms with Crippen molar-refractivity contribution in [2.45, 2.75) is 43.1 Å². The topological polar surface area (TPSA) is 110 Å². The third-order valence-corrected chi connectivity index (χ3v) is 6.79. The molecule has 152 valence electrons. The molecule has 27 heavy (non-hydrogen) atoms. The predicted octanol–water partition coefficient (Wildman–Crippen LogP) is -1.53. The molecule has 0 aliphatic carbocycles. The maximum absolute atomic E-state index is 13.5.